The Kier molecular flexibility index (Phi) is 2.79. The summed E-state index contributed by atoms with van der Waals surface area (Å²) in [5, 5.41) is 0. The van der Waals surface area contributed by atoms with Crippen molar-refractivity contribution in [2.24, 2.45) is 9.98 Å². The zero-order valence-electron chi connectivity index (χ0n) is 17.2. The van der Waals surface area contributed by atoms with Crippen LogP contribution in [0.2, 0.25) is 0 Å². The van der Waals surface area contributed by atoms with Crippen molar-refractivity contribution in [3.8, 4) is 0 Å². The second-order valence-corrected chi connectivity index (χ2v) is 4.55. The number of aromatic nitrogens is 1. The molecule has 0 N–H and O–H groups in total. The highest BCUT2D eigenvalue weighted by atomic mass is 14.8. The van der Waals surface area contributed by atoms with Crippen LogP contribution < -0.4 is 0 Å². The summed E-state index contributed by atoms with van der Waals surface area (Å²) in [5.41, 5.74) is 0.0198. The zero-order valence-corrected chi connectivity index (χ0v) is 11.2. The van der Waals surface area contributed by atoms with Gasteiger partial charge in [-0.15, -0.1) is 0 Å². The molecule has 1 aromatic heterocycles. The third kappa shape index (κ3) is 4.40. The lowest BCUT2D eigenvalue weighted by Crippen LogP contribution is -2.08. The van der Waals surface area contributed by atoms with Gasteiger partial charge >= 0.3 is 0 Å². The first-order valence-electron chi connectivity index (χ1n) is 8.96. The van der Waals surface area contributed by atoms with E-state index >= 15 is 0 Å². The molecule has 1 rings (SSSR count). The number of aliphatic imine (C=N–C) groups is 2. The van der Waals surface area contributed by atoms with Crippen molar-refractivity contribution < 1.29 is 8.22 Å². The Morgan fingerprint density at radius 3 is 1.78 bits per heavy atom. The van der Waals surface area contributed by atoms with E-state index in [0.29, 0.717) is 0 Å². The average Bonchev–Trinajstić information content (AvgIpc) is 2.39. The summed E-state index contributed by atoms with van der Waals surface area (Å²) in [4.78, 5) is 12.5. The highest BCUT2D eigenvalue weighted by Crippen LogP contribution is 2.05. The first-order chi connectivity index (χ1) is 10.8. The van der Waals surface area contributed by atoms with Crippen LogP contribution in [0.15, 0.2) is 28.2 Å². The molecule has 0 saturated heterocycles. The molecular formula is C15H23N3. The highest BCUT2D eigenvalue weighted by Gasteiger charge is 2.04. The molecular weight excluding hydrogens is 222 g/mol. The summed E-state index contributed by atoms with van der Waals surface area (Å²) in [5.74, 6) is 0. The molecule has 0 aliphatic carbocycles. The van der Waals surface area contributed by atoms with E-state index in [0.717, 1.165) is 0 Å². The molecule has 98 valence electrons. The third-order valence-corrected chi connectivity index (χ3v) is 2.01. The van der Waals surface area contributed by atoms with Gasteiger partial charge in [0.25, 0.3) is 0 Å². The van der Waals surface area contributed by atoms with E-state index in [1.54, 1.807) is 33.8 Å². The summed E-state index contributed by atoms with van der Waals surface area (Å²) in [6.07, 6.45) is 0. The fraction of sp³-hybridized carbons (Fsp3) is 0.533. The molecule has 18 heavy (non-hydrogen) atoms. The minimum atomic E-state index is -2.44. The Morgan fingerprint density at radius 2 is 1.44 bits per heavy atom. The normalized spacial score (nSPS) is 19.9. The maximum atomic E-state index is 7.65. The molecule has 0 unspecified atom stereocenters. The van der Waals surface area contributed by atoms with E-state index in [4.69, 9.17) is 8.22 Å². The van der Waals surface area contributed by atoms with Crippen LogP contribution >= 0.6 is 0 Å². The molecule has 0 amide bonds. The van der Waals surface area contributed by atoms with Crippen LogP contribution in [0.25, 0.3) is 0 Å². The van der Waals surface area contributed by atoms with Gasteiger partial charge in [0.1, 0.15) is 0 Å². The van der Waals surface area contributed by atoms with Gasteiger partial charge in [-0.25, -0.2) is 4.98 Å². The molecule has 0 bridgehead atoms. The average molecular weight is 251 g/mol. The second kappa shape index (κ2) is 6.43. The number of hydrogen-bond acceptors (Lipinski definition) is 3. The standard InChI is InChI=1S/C15H23N3/c1-10(2)16-12(5)14-8-7-9-15(18-14)13(6)17-11(3)4/h7-11H,1-6H3/i5D3,6D3. The topological polar surface area (TPSA) is 37.6 Å². The molecule has 0 aliphatic heterocycles. The maximum Gasteiger partial charge on any atom is 0.0845 e. The van der Waals surface area contributed by atoms with Crippen molar-refractivity contribution in [1.82, 2.24) is 4.98 Å². The van der Waals surface area contributed by atoms with Crippen molar-refractivity contribution in [2.45, 2.75) is 53.5 Å². The van der Waals surface area contributed by atoms with Gasteiger partial charge in [-0.1, -0.05) is 6.07 Å². The predicted molar refractivity (Wildman–Crippen MR) is 78.9 cm³/mol. The van der Waals surface area contributed by atoms with Crippen LogP contribution in [0.3, 0.4) is 0 Å². The van der Waals surface area contributed by atoms with Crippen LogP contribution in [0.5, 0.6) is 0 Å². The second-order valence-electron chi connectivity index (χ2n) is 4.55. The van der Waals surface area contributed by atoms with Crippen LogP contribution in [0, 0.1) is 0 Å². The summed E-state index contributed by atoms with van der Waals surface area (Å²) in [6, 6.07) is 4.16. The minimum Gasteiger partial charge on any atom is -0.285 e. The van der Waals surface area contributed by atoms with E-state index < -0.39 is 13.7 Å². The molecule has 1 aromatic rings. The molecule has 0 fully saturated rings. The van der Waals surface area contributed by atoms with Gasteiger partial charge in [-0.3, -0.25) is 9.98 Å². The fourth-order valence-electron chi connectivity index (χ4n) is 1.35. The van der Waals surface area contributed by atoms with E-state index in [1.165, 1.54) is 12.1 Å². The van der Waals surface area contributed by atoms with Crippen LogP contribution in [-0.4, -0.2) is 28.5 Å². The lowest BCUT2D eigenvalue weighted by Gasteiger charge is -2.06. The van der Waals surface area contributed by atoms with Gasteiger partial charge in [0.2, 0.25) is 0 Å². The smallest absolute Gasteiger partial charge is 0.0845 e. The molecule has 3 nitrogen and oxygen atoms in total. The Balaban J connectivity index is 3.50. The van der Waals surface area contributed by atoms with Crippen LogP contribution in [-0.2, 0) is 0 Å². The van der Waals surface area contributed by atoms with Crippen LogP contribution in [0.1, 0.15) is 61.0 Å². The van der Waals surface area contributed by atoms with Crippen molar-refractivity contribution in [3.63, 3.8) is 0 Å². The van der Waals surface area contributed by atoms with Crippen molar-refractivity contribution >= 4 is 11.4 Å². The highest BCUT2D eigenvalue weighted by molar-refractivity contribution is 6.00. The number of hydrogen-bond donors (Lipinski definition) is 0. The summed E-state index contributed by atoms with van der Waals surface area (Å²) < 4.78 is 45.9. The van der Waals surface area contributed by atoms with Gasteiger partial charge < -0.3 is 0 Å². The summed E-state index contributed by atoms with van der Waals surface area (Å²) >= 11 is 0. The summed E-state index contributed by atoms with van der Waals surface area (Å²) in [7, 11) is 0. The molecule has 0 aromatic carbocycles. The number of pyridine rings is 1. The molecule has 0 spiro atoms. The predicted octanol–water partition coefficient (Wildman–Crippen LogP) is 3.52. The maximum absolute atomic E-state index is 7.65. The molecule has 0 atom stereocenters. The lowest BCUT2D eigenvalue weighted by atomic mass is 10.2. The molecule has 0 saturated carbocycles. The Hall–Kier alpha value is -1.51. The summed E-state index contributed by atoms with van der Waals surface area (Å²) in [6.45, 7) is 2.19. The monoisotopic (exact) mass is 251 g/mol. The van der Waals surface area contributed by atoms with Gasteiger partial charge in [0.05, 0.1) is 22.8 Å². The van der Waals surface area contributed by atoms with Gasteiger partial charge in [0, 0.05) is 20.3 Å². The Labute approximate surface area is 119 Å². The third-order valence-electron chi connectivity index (χ3n) is 2.01. The molecule has 0 radical (unpaired) electrons. The SMILES string of the molecule is [2H]C([2H])([2H])C(=NC(C)C)c1cccc(C(=NC(C)C)C([2H])([2H])[2H])n1. The first kappa shape index (κ1) is 7.82. The van der Waals surface area contributed by atoms with E-state index in [2.05, 4.69) is 15.0 Å². The van der Waals surface area contributed by atoms with Gasteiger partial charge in [-0.05, 0) is 53.5 Å². The largest absolute Gasteiger partial charge is 0.285 e. The van der Waals surface area contributed by atoms with Crippen molar-refractivity contribution in [3.05, 3.63) is 29.6 Å². The van der Waals surface area contributed by atoms with Gasteiger partial charge in [-0.2, -0.15) is 0 Å². The van der Waals surface area contributed by atoms with Crippen molar-refractivity contribution in [2.75, 3.05) is 0 Å². The number of rotatable bonds is 4. The van der Waals surface area contributed by atoms with E-state index in [9.17, 15) is 0 Å². The van der Waals surface area contributed by atoms with Crippen LogP contribution in [0.4, 0.5) is 0 Å². The van der Waals surface area contributed by atoms with E-state index in [-0.39, 0.29) is 34.9 Å². The van der Waals surface area contributed by atoms with Gasteiger partial charge in [0.15, 0.2) is 0 Å². The molecule has 0 aliphatic rings. The first-order valence-corrected chi connectivity index (χ1v) is 5.96. The molecule has 3 heteroatoms. The lowest BCUT2D eigenvalue weighted by molar-refractivity contribution is 0.833. The zero-order chi connectivity index (χ0) is 18.7. The van der Waals surface area contributed by atoms with E-state index in [1.807, 2.05) is 0 Å². The quantitative estimate of drug-likeness (QED) is 0.754. The Bertz CT molecular complexity index is 576. The van der Waals surface area contributed by atoms with Crippen molar-refractivity contribution in [1.29, 1.82) is 0 Å². The molecule has 1 heterocycles. The fourth-order valence-corrected chi connectivity index (χ4v) is 1.35. The minimum absolute atomic E-state index is 0.131. The Morgan fingerprint density at radius 1 is 1.00 bits per heavy atom. The number of nitrogens with zero attached hydrogens (tertiary/aromatic N) is 3.